The second-order valence-electron chi connectivity index (χ2n) is 4.92. The molecule has 0 aliphatic heterocycles. The fraction of sp³-hybridized carbons (Fsp3) is 0.600. The molecule has 1 N–H and O–H groups in total. The van der Waals surface area contributed by atoms with Crippen LogP contribution in [0.1, 0.15) is 18.4 Å². The highest BCUT2D eigenvalue weighted by molar-refractivity contribution is 5.26. The SMILES string of the molecule is Cc1ccc(OCCCCNCCN(C)C)cc1. The van der Waals surface area contributed by atoms with E-state index in [0.717, 1.165) is 38.4 Å². The van der Waals surface area contributed by atoms with Crippen molar-refractivity contribution >= 4 is 0 Å². The minimum absolute atomic E-state index is 0.804. The fourth-order valence-corrected chi connectivity index (χ4v) is 1.60. The standard InChI is InChI=1S/C15H26N2O/c1-14-6-8-15(9-7-14)18-13-5-4-10-16-11-12-17(2)3/h6-9,16H,4-5,10-13H2,1-3H3. The summed E-state index contributed by atoms with van der Waals surface area (Å²) >= 11 is 0. The number of hydrogen-bond acceptors (Lipinski definition) is 3. The molecule has 1 aromatic rings. The van der Waals surface area contributed by atoms with Crippen molar-refractivity contribution in [2.75, 3.05) is 40.3 Å². The quantitative estimate of drug-likeness (QED) is 0.681. The van der Waals surface area contributed by atoms with Gasteiger partial charge >= 0.3 is 0 Å². The Hall–Kier alpha value is -1.06. The molecule has 0 unspecified atom stereocenters. The van der Waals surface area contributed by atoms with E-state index in [4.69, 9.17) is 4.74 Å². The van der Waals surface area contributed by atoms with E-state index in [9.17, 15) is 0 Å². The topological polar surface area (TPSA) is 24.5 Å². The van der Waals surface area contributed by atoms with Gasteiger partial charge in [-0.3, -0.25) is 0 Å². The first-order valence-electron chi connectivity index (χ1n) is 6.73. The first kappa shape index (κ1) is 15.0. The second-order valence-corrected chi connectivity index (χ2v) is 4.92. The van der Waals surface area contributed by atoms with Gasteiger partial charge in [-0.15, -0.1) is 0 Å². The van der Waals surface area contributed by atoms with Crippen LogP contribution in [0.25, 0.3) is 0 Å². The van der Waals surface area contributed by atoms with Crippen molar-refractivity contribution in [1.82, 2.24) is 10.2 Å². The number of likely N-dealkylation sites (N-methyl/N-ethyl adjacent to an activating group) is 1. The molecule has 0 saturated carbocycles. The molecule has 0 radical (unpaired) electrons. The van der Waals surface area contributed by atoms with Crippen molar-refractivity contribution in [3.63, 3.8) is 0 Å². The molecule has 0 spiro atoms. The third kappa shape index (κ3) is 7.30. The third-order valence-electron chi connectivity index (χ3n) is 2.77. The first-order chi connectivity index (χ1) is 8.68. The molecule has 0 bridgehead atoms. The van der Waals surface area contributed by atoms with Crippen LogP contribution in [0.5, 0.6) is 5.75 Å². The molecule has 3 nitrogen and oxygen atoms in total. The van der Waals surface area contributed by atoms with Gasteiger partial charge in [0.15, 0.2) is 0 Å². The predicted octanol–water partition coefficient (Wildman–Crippen LogP) is 2.31. The number of ether oxygens (including phenoxy) is 1. The Morgan fingerprint density at radius 2 is 1.78 bits per heavy atom. The molecule has 0 aromatic heterocycles. The van der Waals surface area contributed by atoms with Gasteiger partial charge in [-0.1, -0.05) is 17.7 Å². The summed E-state index contributed by atoms with van der Waals surface area (Å²) in [6.07, 6.45) is 2.27. The van der Waals surface area contributed by atoms with Gasteiger partial charge in [0, 0.05) is 13.1 Å². The third-order valence-corrected chi connectivity index (χ3v) is 2.77. The van der Waals surface area contributed by atoms with Gasteiger partial charge in [0.1, 0.15) is 5.75 Å². The Morgan fingerprint density at radius 1 is 1.06 bits per heavy atom. The van der Waals surface area contributed by atoms with Crippen molar-refractivity contribution in [1.29, 1.82) is 0 Å². The number of aryl methyl sites for hydroxylation is 1. The molecule has 0 fully saturated rings. The molecule has 0 saturated heterocycles. The Kier molecular flexibility index (Phi) is 7.46. The van der Waals surface area contributed by atoms with E-state index in [2.05, 4.69) is 43.4 Å². The van der Waals surface area contributed by atoms with E-state index in [-0.39, 0.29) is 0 Å². The van der Waals surface area contributed by atoms with Crippen molar-refractivity contribution in [3.8, 4) is 5.75 Å². The van der Waals surface area contributed by atoms with E-state index < -0.39 is 0 Å². The zero-order chi connectivity index (χ0) is 13.2. The Morgan fingerprint density at radius 3 is 2.44 bits per heavy atom. The van der Waals surface area contributed by atoms with Crippen LogP contribution in [0.4, 0.5) is 0 Å². The summed E-state index contributed by atoms with van der Waals surface area (Å²) in [6, 6.07) is 8.23. The minimum atomic E-state index is 0.804. The van der Waals surface area contributed by atoms with Gasteiger partial charge in [0.05, 0.1) is 6.61 Å². The zero-order valence-electron chi connectivity index (χ0n) is 11.9. The van der Waals surface area contributed by atoms with Crippen LogP contribution in [0, 0.1) is 6.92 Å². The summed E-state index contributed by atoms with van der Waals surface area (Å²) in [5.41, 5.74) is 1.27. The van der Waals surface area contributed by atoms with Gasteiger partial charge in [0.25, 0.3) is 0 Å². The van der Waals surface area contributed by atoms with Gasteiger partial charge in [-0.05, 0) is 52.5 Å². The summed E-state index contributed by atoms with van der Waals surface area (Å²) in [5, 5.41) is 3.43. The van der Waals surface area contributed by atoms with E-state index in [1.165, 1.54) is 12.0 Å². The lowest BCUT2D eigenvalue weighted by molar-refractivity contribution is 0.305. The fourth-order valence-electron chi connectivity index (χ4n) is 1.60. The maximum Gasteiger partial charge on any atom is 0.119 e. The van der Waals surface area contributed by atoms with E-state index >= 15 is 0 Å². The number of rotatable bonds is 9. The Labute approximate surface area is 111 Å². The molecule has 18 heavy (non-hydrogen) atoms. The van der Waals surface area contributed by atoms with Gasteiger partial charge in [0.2, 0.25) is 0 Å². The lowest BCUT2D eigenvalue weighted by Gasteiger charge is -2.10. The molecule has 0 amide bonds. The Balaban J connectivity index is 1.94. The van der Waals surface area contributed by atoms with Gasteiger partial charge < -0.3 is 15.0 Å². The maximum absolute atomic E-state index is 5.67. The van der Waals surface area contributed by atoms with Crippen LogP contribution in [0.2, 0.25) is 0 Å². The van der Waals surface area contributed by atoms with Crippen LogP contribution in [0.3, 0.4) is 0 Å². The highest BCUT2D eigenvalue weighted by atomic mass is 16.5. The monoisotopic (exact) mass is 250 g/mol. The number of hydrogen-bond donors (Lipinski definition) is 1. The summed E-state index contributed by atoms with van der Waals surface area (Å²) in [7, 11) is 4.19. The van der Waals surface area contributed by atoms with E-state index in [1.807, 2.05) is 12.1 Å². The second kappa shape index (κ2) is 8.95. The number of benzene rings is 1. The molecule has 0 aliphatic carbocycles. The average molecular weight is 250 g/mol. The number of nitrogens with one attached hydrogen (secondary N) is 1. The van der Waals surface area contributed by atoms with Crippen LogP contribution in [-0.4, -0.2) is 45.2 Å². The molecule has 0 heterocycles. The molecular formula is C15H26N2O. The van der Waals surface area contributed by atoms with E-state index in [0.29, 0.717) is 0 Å². The summed E-state index contributed by atoms with van der Waals surface area (Å²) < 4.78 is 5.67. The maximum atomic E-state index is 5.67. The largest absolute Gasteiger partial charge is 0.494 e. The predicted molar refractivity (Wildman–Crippen MR) is 77.3 cm³/mol. The lowest BCUT2D eigenvalue weighted by Crippen LogP contribution is -2.27. The normalized spacial score (nSPS) is 10.9. The van der Waals surface area contributed by atoms with Crippen LogP contribution >= 0.6 is 0 Å². The van der Waals surface area contributed by atoms with Crippen LogP contribution in [0.15, 0.2) is 24.3 Å². The summed E-state index contributed by atoms with van der Waals surface area (Å²) in [6.45, 7) is 6.12. The lowest BCUT2D eigenvalue weighted by atomic mass is 10.2. The number of nitrogens with zero attached hydrogens (tertiary/aromatic N) is 1. The van der Waals surface area contributed by atoms with Crippen molar-refractivity contribution < 1.29 is 4.74 Å². The molecule has 1 rings (SSSR count). The zero-order valence-corrected chi connectivity index (χ0v) is 11.9. The number of unbranched alkanes of at least 4 members (excludes halogenated alkanes) is 1. The molecule has 102 valence electrons. The highest BCUT2D eigenvalue weighted by Crippen LogP contribution is 2.11. The summed E-state index contributed by atoms with van der Waals surface area (Å²) in [5.74, 6) is 0.973. The summed E-state index contributed by atoms with van der Waals surface area (Å²) in [4.78, 5) is 2.19. The van der Waals surface area contributed by atoms with Crippen LogP contribution < -0.4 is 10.1 Å². The molecule has 1 aromatic carbocycles. The minimum Gasteiger partial charge on any atom is -0.494 e. The molecule has 0 aliphatic rings. The van der Waals surface area contributed by atoms with Gasteiger partial charge in [-0.25, -0.2) is 0 Å². The van der Waals surface area contributed by atoms with Crippen molar-refractivity contribution in [3.05, 3.63) is 29.8 Å². The highest BCUT2D eigenvalue weighted by Gasteiger charge is 1.94. The molecule has 3 heteroatoms. The molecule has 0 atom stereocenters. The van der Waals surface area contributed by atoms with E-state index in [1.54, 1.807) is 0 Å². The smallest absolute Gasteiger partial charge is 0.119 e. The Bertz CT molecular complexity index is 309. The molecular weight excluding hydrogens is 224 g/mol. The van der Waals surface area contributed by atoms with Crippen molar-refractivity contribution in [2.45, 2.75) is 19.8 Å². The average Bonchev–Trinajstić information content (AvgIpc) is 2.34. The van der Waals surface area contributed by atoms with Crippen LogP contribution in [-0.2, 0) is 0 Å². The first-order valence-corrected chi connectivity index (χ1v) is 6.73. The van der Waals surface area contributed by atoms with Gasteiger partial charge in [-0.2, -0.15) is 0 Å². The van der Waals surface area contributed by atoms with Crippen molar-refractivity contribution in [2.24, 2.45) is 0 Å².